The van der Waals surface area contributed by atoms with Crippen molar-refractivity contribution >= 4 is 45.1 Å². The van der Waals surface area contributed by atoms with Gasteiger partial charge in [0.15, 0.2) is 6.61 Å². The van der Waals surface area contributed by atoms with Crippen LogP contribution in [0.15, 0.2) is 46.9 Å². The minimum Gasteiger partial charge on any atom is -0.455 e. The number of benzene rings is 2. The van der Waals surface area contributed by atoms with Crippen LogP contribution in [0.4, 0.5) is 15.8 Å². The van der Waals surface area contributed by atoms with E-state index in [9.17, 15) is 18.8 Å². The molecule has 0 bridgehead atoms. The number of carbonyl (C=O) groups excluding carboxylic acids is 3. The van der Waals surface area contributed by atoms with E-state index in [0.29, 0.717) is 10.2 Å². The average molecular weight is 449 g/mol. The molecule has 2 aromatic carbocycles. The normalized spacial score (nSPS) is 16.2. The number of esters is 1. The van der Waals surface area contributed by atoms with Crippen LogP contribution in [0.3, 0.4) is 0 Å². The molecule has 146 valence electrons. The van der Waals surface area contributed by atoms with Gasteiger partial charge in [-0.15, -0.1) is 0 Å². The van der Waals surface area contributed by atoms with Crippen LogP contribution >= 0.6 is 15.9 Å². The summed E-state index contributed by atoms with van der Waals surface area (Å²) in [5, 5.41) is 2.64. The molecule has 0 unspecified atom stereocenters. The number of aryl methyl sites for hydroxylation is 1. The Morgan fingerprint density at radius 1 is 1.29 bits per heavy atom. The summed E-state index contributed by atoms with van der Waals surface area (Å²) < 4.78 is 19.7. The zero-order valence-electron chi connectivity index (χ0n) is 15.1. The van der Waals surface area contributed by atoms with Gasteiger partial charge in [0.2, 0.25) is 5.91 Å². The molecule has 0 radical (unpaired) electrons. The molecule has 0 aromatic heterocycles. The minimum atomic E-state index is -0.744. The third-order valence-corrected chi connectivity index (χ3v) is 5.00. The van der Waals surface area contributed by atoms with Gasteiger partial charge in [-0.3, -0.25) is 14.4 Å². The molecule has 1 aliphatic heterocycles. The van der Waals surface area contributed by atoms with Crippen LogP contribution in [0, 0.1) is 18.7 Å². The van der Waals surface area contributed by atoms with Crippen molar-refractivity contribution in [1.29, 1.82) is 0 Å². The van der Waals surface area contributed by atoms with Crippen LogP contribution in [-0.4, -0.2) is 30.9 Å². The standard InChI is InChI=1S/C20H18BrFN2O4/c1-12-6-7-16(14(21)8-12)23-18(25)11-28-20(27)13-9-19(26)24(10-13)17-5-3-2-4-15(17)22/h2-8,13H,9-11H2,1H3,(H,23,25)/t13-/m0/s1. The molecule has 28 heavy (non-hydrogen) atoms. The lowest BCUT2D eigenvalue weighted by Gasteiger charge is -2.17. The molecule has 1 N–H and O–H groups in total. The Hall–Kier alpha value is -2.74. The maximum absolute atomic E-state index is 13.9. The fraction of sp³-hybridized carbons (Fsp3) is 0.250. The third kappa shape index (κ3) is 4.56. The molecule has 1 heterocycles. The van der Waals surface area contributed by atoms with E-state index < -0.39 is 30.2 Å². The number of amides is 2. The summed E-state index contributed by atoms with van der Waals surface area (Å²) in [6.07, 6.45) is -0.0850. The van der Waals surface area contributed by atoms with Crippen molar-refractivity contribution < 1.29 is 23.5 Å². The van der Waals surface area contributed by atoms with Gasteiger partial charge in [0, 0.05) is 17.4 Å². The lowest BCUT2D eigenvalue weighted by atomic mass is 10.1. The molecule has 2 aromatic rings. The zero-order chi connectivity index (χ0) is 20.3. The van der Waals surface area contributed by atoms with Gasteiger partial charge in [0.25, 0.3) is 5.91 Å². The second-order valence-corrected chi connectivity index (χ2v) is 7.35. The summed E-state index contributed by atoms with van der Waals surface area (Å²) in [4.78, 5) is 37.6. The fourth-order valence-corrected chi connectivity index (χ4v) is 3.52. The summed E-state index contributed by atoms with van der Waals surface area (Å²) in [6.45, 7) is 1.47. The van der Waals surface area contributed by atoms with E-state index in [2.05, 4.69) is 21.2 Å². The fourth-order valence-electron chi connectivity index (χ4n) is 2.93. The minimum absolute atomic E-state index is 0.0176. The van der Waals surface area contributed by atoms with Crippen molar-refractivity contribution in [2.45, 2.75) is 13.3 Å². The summed E-state index contributed by atoms with van der Waals surface area (Å²) in [5.74, 6) is -2.79. The molecule has 1 aliphatic rings. The van der Waals surface area contributed by atoms with Crippen LogP contribution < -0.4 is 10.2 Å². The van der Waals surface area contributed by atoms with Crippen LogP contribution in [0.25, 0.3) is 0 Å². The average Bonchev–Trinajstić information content (AvgIpc) is 3.04. The number of carbonyl (C=O) groups is 3. The number of ether oxygens (including phenoxy) is 1. The molecular weight excluding hydrogens is 431 g/mol. The monoisotopic (exact) mass is 448 g/mol. The van der Waals surface area contributed by atoms with E-state index in [-0.39, 0.29) is 24.6 Å². The molecule has 2 amide bonds. The van der Waals surface area contributed by atoms with Crippen molar-refractivity contribution in [1.82, 2.24) is 0 Å². The number of anilines is 2. The number of nitrogens with one attached hydrogen (secondary N) is 1. The quantitative estimate of drug-likeness (QED) is 0.710. The highest BCUT2D eigenvalue weighted by Gasteiger charge is 2.37. The molecule has 3 rings (SSSR count). The number of halogens is 2. The Balaban J connectivity index is 1.54. The molecule has 8 heteroatoms. The van der Waals surface area contributed by atoms with Crippen molar-refractivity contribution in [3.05, 3.63) is 58.3 Å². The van der Waals surface area contributed by atoms with Crippen LogP contribution in [-0.2, 0) is 19.1 Å². The van der Waals surface area contributed by atoms with Gasteiger partial charge in [-0.05, 0) is 52.7 Å². The molecule has 1 atom stereocenters. The van der Waals surface area contributed by atoms with Gasteiger partial charge in [-0.1, -0.05) is 18.2 Å². The molecule has 1 saturated heterocycles. The van der Waals surface area contributed by atoms with Gasteiger partial charge in [-0.2, -0.15) is 0 Å². The lowest BCUT2D eigenvalue weighted by molar-refractivity contribution is -0.151. The van der Waals surface area contributed by atoms with Crippen molar-refractivity contribution in [2.24, 2.45) is 5.92 Å². The molecule has 0 saturated carbocycles. The number of hydrogen-bond acceptors (Lipinski definition) is 4. The Morgan fingerprint density at radius 2 is 2.04 bits per heavy atom. The SMILES string of the molecule is Cc1ccc(NC(=O)COC(=O)[C@H]2CC(=O)N(c3ccccc3F)C2)c(Br)c1. The second-order valence-electron chi connectivity index (χ2n) is 6.50. The van der Waals surface area contributed by atoms with E-state index in [4.69, 9.17) is 4.74 Å². The van der Waals surface area contributed by atoms with Crippen LogP contribution in [0.1, 0.15) is 12.0 Å². The Kier molecular flexibility index (Phi) is 6.08. The van der Waals surface area contributed by atoms with E-state index in [1.165, 1.54) is 23.1 Å². The van der Waals surface area contributed by atoms with E-state index in [1.807, 2.05) is 19.1 Å². The second kappa shape index (κ2) is 8.52. The maximum Gasteiger partial charge on any atom is 0.311 e. The highest BCUT2D eigenvalue weighted by Crippen LogP contribution is 2.28. The first kappa shape index (κ1) is 20.0. The summed E-state index contributed by atoms with van der Waals surface area (Å²) in [5.41, 5.74) is 1.72. The van der Waals surface area contributed by atoms with Gasteiger partial charge in [0.1, 0.15) is 5.82 Å². The lowest BCUT2D eigenvalue weighted by Crippen LogP contribution is -2.28. The van der Waals surface area contributed by atoms with Gasteiger partial charge >= 0.3 is 5.97 Å². The topological polar surface area (TPSA) is 75.7 Å². The van der Waals surface area contributed by atoms with E-state index in [1.54, 1.807) is 12.1 Å². The van der Waals surface area contributed by atoms with Crippen molar-refractivity contribution in [3.63, 3.8) is 0 Å². The van der Waals surface area contributed by atoms with Crippen molar-refractivity contribution in [2.75, 3.05) is 23.4 Å². The zero-order valence-corrected chi connectivity index (χ0v) is 16.7. The molecule has 1 fully saturated rings. The first-order chi connectivity index (χ1) is 13.3. The van der Waals surface area contributed by atoms with Crippen molar-refractivity contribution in [3.8, 4) is 0 Å². The number of para-hydroxylation sites is 1. The van der Waals surface area contributed by atoms with E-state index >= 15 is 0 Å². The first-order valence-electron chi connectivity index (χ1n) is 8.62. The smallest absolute Gasteiger partial charge is 0.311 e. The molecule has 0 aliphatic carbocycles. The Morgan fingerprint density at radius 3 is 2.75 bits per heavy atom. The molecular formula is C20H18BrFN2O4. The van der Waals surface area contributed by atoms with E-state index in [0.717, 1.165) is 5.56 Å². The van der Waals surface area contributed by atoms with Gasteiger partial charge in [-0.25, -0.2) is 4.39 Å². The predicted molar refractivity (Wildman–Crippen MR) is 105 cm³/mol. The highest BCUT2D eigenvalue weighted by molar-refractivity contribution is 9.10. The number of nitrogens with zero attached hydrogens (tertiary/aromatic N) is 1. The first-order valence-corrected chi connectivity index (χ1v) is 9.42. The third-order valence-electron chi connectivity index (χ3n) is 4.35. The van der Waals surface area contributed by atoms with Crippen LogP contribution in [0.2, 0.25) is 0 Å². The summed E-state index contributed by atoms with van der Waals surface area (Å²) >= 11 is 3.35. The molecule has 0 spiro atoms. The molecule has 6 nitrogen and oxygen atoms in total. The predicted octanol–water partition coefficient (Wildman–Crippen LogP) is 3.43. The summed E-state index contributed by atoms with van der Waals surface area (Å²) in [6, 6.07) is 11.3. The Bertz CT molecular complexity index is 934. The van der Waals surface area contributed by atoms with Crippen LogP contribution in [0.5, 0.6) is 0 Å². The highest BCUT2D eigenvalue weighted by atomic mass is 79.9. The Labute approximate surface area is 169 Å². The van der Waals surface area contributed by atoms with Gasteiger partial charge < -0.3 is 15.0 Å². The largest absolute Gasteiger partial charge is 0.455 e. The maximum atomic E-state index is 13.9. The number of rotatable bonds is 5. The number of hydrogen-bond donors (Lipinski definition) is 1. The van der Waals surface area contributed by atoms with Gasteiger partial charge in [0.05, 0.1) is 17.3 Å². The summed E-state index contributed by atoms with van der Waals surface area (Å²) in [7, 11) is 0.